The fourth-order valence-corrected chi connectivity index (χ4v) is 10.0. The van der Waals surface area contributed by atoms with Crippen LogP contribution in [0, 0.1) is 3.57 Å². The SMILES string of the molecule is COc1ccc(CN(Cc2ccc(OC)cc2)S(=O)(=O)c2c(S(=O)(=O)NC[C@H](CO)NC(=O)OC(C)(C)C)ccc(I)c2-c2nnn(Cc3ccc(OC)cc3)n2)cc1. The summed E-state index contributed by atoms with van der Waals surface area (Å²) in [6.45, 7) is 3.57. The molecule has 20 heteroatoms. The van der Waals surface area contributed by atoms with E-state index in [-0.39, 0.29) is 31.0 Å². The van der Waals surface area contributed by atoms with E-state index in [1.165, 1.54) is 31.1 Å². The summed E-state index contributed by atoms with van der Waals surface area (Å²) in [5.74, 6) is 1.62. The van der Waals surface area contributed by atoms with E-state index in [4.69, 9.17) is 18.9 Å². The Morgan fingerprint density at radius 3 is 1.80 bits per heavy atom. The van der Waals surface area contributed by atoms with Gasteiger partial charge in [-0.2, -0.15) is 9.10 Å². The second-order valence-electron chi connectivity index (χ2n) is 14.1. The maximum Gasteiger partial charge on any atom is 0.407 e. The first-order chi connectivity index (χ1) is 28.0. The number of aliphatic hydroxyl groups excluding tert-OH is 1. The van der Waals surface area contributed by atoms with E-state index in [0.717, 1.165) is 9.87 Å². The zero-order chi connectivity index (χ0) is 43.0. The van der Waals surface area contributed by atoms with Gasteiger partial charge in [-0.05, 0) is 114 Å². The Morgan fingerprint density at radius 1 is 0.814 bits per heavy atom. The minimum Gasteiger partial charge on any atom is -0.497 e. The molecule has 0 bridgehead atoms. The number of carbonyl (C=O) groups is 1. The van der Waals surface area contributed by atoms with Crippen molar-refractivity contribution < 1.29 is 45.7 Å². The van der Waals surface area contributed by atoms with Crippen molar-refractivity contribution in [1.82, 2.24) is 34.6 Å². The monoisotopic (exact) mass is 963 g/mol. The highest BCUT2D eigenvalue weighted by atomic mass is 127. The molecule has 17 nitrogen and oxygen atoms in total. The molecular formula is C39H46IN7O10S2. The van der Waals surface area contributed by atoms with Crippen molar-refractivity contribution in [2.45, 2.75) is 61.8 Å². The van der Waals surface area contributed by atoms with E-state index in [1.807, 2.05) is 34.7 Å². The molecule has 4 aromatic carbocycles. The zero-order valence-electron chi connectivity index (χ0n) is 33.2. The van der Waals surface area contributed by atoms with Crippen LogP contribution in [0.3, 0.4) is 0 Å². The number of aromatic nitrogens is 4. The van der Waals surface area contributed by atoms with Crippen LogP contribution in [0.4, 0.5) is 4.79 Å². The van der Waals surface area contributed by atoms with E-state index < -0.39 is 60.7 Å². The van der Waals surface area contributed by atoms with Gasteiger partial charge in [0.15, 0.2) is 0 Å². The van der Waals surface area contributed by atoms with Crippen molar-refractivity contribution in [2.24, 2.45) is 0 Å². The Balaban J connectivity index is 1.64. The molecule has 5 aromatic rings. The molecule has 0 saturated carbocycles. The minimum atomic E-state index is -4.81. The smallest absolute Gasteiger partial charge is 0.407 e. The molecule has 0 saturated heterocycles. The van der Waals surface area contributed by atoms with Crippen LogP contribution < -0.4 is 24.2 Å². The van der Waals surface area contributed by atoms with Crippen LogP contribution in [-0.2, 0) is 44.4 Å². The van der Waals surface area contributed by atoms with Crippen LogP contribution in [0.15, 0.2) is 94.7 Å². The van der Waals surface area contributed by atoms with Crippen LogP contribution in [0.5, 0.6) is 17.2 Å². The molecule has 1 heterocycles. The van der Waals surface area contributed by atoms with Crippen molar-refractivity contribution in [3.8, 4) is 28.6 Å². The van der Waals surface area contributed by atoms with Crippen LogP contribution in [0.2, 0.25) is 0 Å². The lowest BCUT2D eigenvalue weighted by molar-refractivity contribution is 0.0484. The molecule has 1 amide bonds. The highest BCUT2D eigenvalue weighted by Crippen LogP contribution is 2.38. The van der Waals surface area contributed by atoms with Crippen molar-refractivity contribution in [2.75, 3.05) is 34.5 Å². The normalized spacial score (nSPS) is 12.6. The average molecular weight is 964 g/mol. The fourth-order valence-electron chi connectivity index (χ4n) is 5.67. The van der Waals surface area contributed by atoms with Gasteiger partial charge >= 0.3 is 6.09 Å². The van der Waals surface area contributed by atoms with Crippen molar-refractivity contribution in [3.05, 3.63) is 105 Å². The number of sulfonamides is 2. The van der Waals surface area contributed by atoms with Crippen molar-refractivity contribution in [3.63, 3.8) is 0 Å². The molecule has 0 aliphatic rings. The first-order valence-corrected chi connectivity index (χ1v) is 22.1. The minimum absolute atomic E-state index is 0.102. The Morgan fingerprint density at radius 2 is 1.32 bits per heavy atom. The zero-order valence-corrected chi connectivity index (χ0v) is 37.0. The van der Waals surface area contributed by atoms with Gasteiger partial charge in [0, 0.05) is 23.2 Å². The number of nitrogens with one attached hydrogen (secondary N) is 2. The van der Waals surface area contributed by atoms with Gasteiger partial charge in [0.2, 0.25) is 25.9 Å². The van der Waals surface area contributed by atoms with E-state index in [2.05, 4.69) is 25.4 Å². The Hall–Kier alpha value is -4.87. The Kier molecular flexibility index (Phi) is 14.9. The second kappa shape index (κ2) is 19.5. The summed E-state index contributed by atoms with van der Waals surface area (Å²) in [4.78, 5) is 12.5. The number of hydrogen-bond acceptors (Lipinski definition) is 13. The van der Waals surface area contributed by atoms with Gasteiger partial charge in [-0.1, -0.05) is 36.4 Å². The molecule has 3 N–H and O–H groups in total. The van der Waals surface area contributed by atoms with Gasteiger partial charge in [-0.3, -0.25) is 0 Å². The van der Waals surface area contributed by atoms with Gasteiger partial charge < -0.3 is 29.4 Å². The number of halogens is 1. The number of methoxy groups -OCH3 is 3. The molecule has 0 radical (unpaired) electrons. The van der Waals surface area contributed by atoms with Crippen LogP contribution in [-0.4, -0.2) is 98.7 Å². The molecular weight excluding hydrogens is 918 g/mol. The number of carbonyl (C=O) groups excluding carboxylic acids is 1. The van der Waals surface area contributed by atoms with Crippen molar-refractivity contribution in [1.29, 1.82) is 0 Å². The summed E-state index contributed by atoms with van der Waals surface area (Å²) < 4.78 is 84.6. The molecule has 5 rings (SSSR count). The fraction of sp³-hybridized carbons (Fsp3) is 0.333. The number of nitrogens with zero attached hydrogens (tertiary/aromatic N) is 5. The summed E-state index contributed by atoms with van der Waals surface area (Å²) in [6, 6.07) is 22.3. The standard InChI is InChI=1S/C39H46IN7O10S2/c1-39(2,3)57-38(49)42-29(25-48)21-41-58(50,51)34-20-19-33(40)35(37-43-45-47(44-37)24-28-11-17-32(56-6)18-12-28)36(34)59(52,53)46(22-26-7-13-30(54-4)14-8-26)23-27-9-15-31(55-5)16-10-27/h7-20,29,41,48H,21-25H2,1-6H3,(H,42,49)/t29-/m1/s1. The lowest BCUT2D eigenvalue weighted by atomic mass is 10.2. The van der Waals surface area contributed by atoms with E-state index in [0.29, 0.717) is 31.9 Å². The molecule has 0 unspecified atom stereocenters. The lowest BCUT2D eigenvalue weighted by Gasteiger charge is -2.26. The quantitative estimate of drug-likeness (QED) is 0.103. The topological polar surface area (TPSA) is 213 Å². The first-order valence-electron chi connectivity index (χ1n) is 18.1. The molecule has 0 aliphatic carbocycles. The lowest BCUT2D eigenvalue weighted by Crippen LogP contribution is -2.47. The molecule has 1 atom stereocenters. The summed E-state index contributed by atoms with van der Waals surface area (Å²) in [5, 5.41) is 25.4. The van der Waals surface area contributed by atoms with Gasteiger partial charge in [-0.15, -0.1) is 10.2 Å². The Labute approximate surface area is 357 Å². The maximum atomic E-state index is 15.4. The maximum absolute atomic E-state index is 15.4. The number of ether oxygens (including phenoxy) is 4. The second-order valence-corrected chi connectivity index (χ2v) is 18.9. The van der Waals surface area contributed by atoms with Gasteiger partial charge in [0.05, 0.1) is 46.1 Å². The molecule has 1 aromatic heterocycles. The van der Waals surface area contributed by atoms with E-state index in [1.54, 1.807) is 88.5 Å². The average Bonchev–Trinajstić information content (AvgIpc) is 3.66. The van der Waals surface area contributed by atoms with Crippen LogP contribution >= 0.6 is 22.6 Å². The van der Waals surface area contributed by atoms with Gasteiger partial charge in [0.25, 0.3) is 0 Å². The third kappa shape index (κ3) is 11.9. The third-order valence-corrected chi connectivity index (χ3v) is 13.0. The van der Waals surface area contributed by atoms with Crippen LogP contribution in [0.25, 0.3) is 11.4 Å². The molecule has 0 spiro atoms. The number of alkyl carbamates (subject to hydrolysis) is 1. The predicted molar refractivity (Wildman–Crippen MR) is 226 cm³/mol. The number of hydrogen-bond donors (Lipinski definition) is 3. The first kappa shape index (κ1) is 45.2. The molecule has 0 aliphatic heterocycles. The highest BCUT2D eigenvalue weighted by molar-refractivity contribution is 14.1. The van der Waals surface area contributed by atoms with E-state index in [9.17, 15) is 18.3 Å². The summed E-state index contributed by atoms with van der Waals surface area (Å²) in [7, 11) is -4.96. The molecule has 59 heavy (non-hydrogen) atoms. The van der Waals surface area contributed by atoms with Gasteiger partial charge in [-0.25, -0.2) is 26.4 Å². The van der Waals surface area contributed by atoms with Crippen molar-refractivity contribution >= 4 is 48.7 Å². The summed E-state index contributed by atoms with van der Waals surface area (Å²) >= 11 is 1.91. The Bertz CT molecular complexity index is 2380. The third-order valence-electron chi connectivity index (χ3n) is 8.61. The van der Waals surface area contributed by atoms with Gasteiger partial charge in [0.1, 0.15) is 32.6 Å². The summed E-state index contributed by atoms with van der Waals surface area (Å²) in [6.07, 6.45) is -0.882. The number of aliphatic hydroxyl groups is 1. The van der Waals surface area contributed by atoms with Crippen LogP contribution in [0.1, 0.15) is 37.5 Å². The number of amides is 1. The number of tetrazole rings is 1. The van der Waals surface area contributed by atoms with E-state index >= 15 is 8.42 Å². The highest BCUT2D eigenvalue weighted by Gasteiger charge is 2.37. The number of benzene rings is 4. The predicted octanol–water partition coefficient (Wildman–Crippen LogP) is 4.57. The molecule has 0 fully saturated rings. The number of rotatable bonds is 18. The largest absolute Gasteiger partial charge is 0.497 e. The molecule has 316 valence electrons. The summed E-state index contributed by atoms with van der Waals surface area (Å²) in [5.41, 5.74) is 0.995.